The lowest BCUT2D eigenvalue weighted by atomic mass is 10.00. The van der Waals surface area contributed by atoms with E-state index in [1.807, 2.05) is 6.07 Å². The van der Waals surface area contributed by atoms with Gasteiger partial charge in [0.25, 0.3) is 0 Å². The first-order valence-electron chi connectivity index (χ1n) is 6.16. The summed E-state index contributed by atoms with van der Waals surface area (Å²) in [5.41, 5.74) is 5.91. The number of nitrogen functional groups attached to an aromatic ring is 1. The van der Waals surface area contributed by atoms with E-state index < -0.39 is 0 Å². The Hall–Kier alpha value is -1.32. The van der Waals surface area contributed by atoms with E-state index in [0.717, 1.165) is 18.1 Å². The van der Waals surface area contributed by atoms with Gasteiger partial charge >= 0.3 is 0 Å². The molecule has 2 N–H and O–H groups in total. The van der Waals surface area contributed by atoms with Crippen LogP contribution in [0.1, 0.15) is 52.8 Å². The summed E-state index contributed by atoms with van der Waals surface area (Å²) in [6.45, 7) is 10.7. The summed E-state index contributed by atoms with van der Waals surface area (Å²) >= 11 is 0. The minimum absolute atomic E-state index is 0.0645. The van der Waals surface area contributed by atoms with E-state index in [1.54, 1.807) is 0 Å². The van der Waals surface area contributed by atoms with Gasteiger partial charge in [0.05, 0.1) is 0 Å². The van der Waals surface area contributed by atoms with Crippen LogP contribution in [-0.4, -0.2) is 22.6 Å². The average Bonchev–Trinajstić information content (AvgIpc) is 2.27. The third-order valence-electron chi connectivity index (χ3n) is 3.38. The Morgan fingerprint density at radius 1 is 1.35 bits per heavy atom. The van der Waals surface area contributed by atoms with Crippen LogP contribution < -0.4 is 10.6 Å². The highest BCUT2D eigenvalue weighted by molar-refractivity contribution is 5.48. The van der Waals surface area contributed by atoms with Gasteiger partial charge in [-0.15, -0.1) is 0 Å². The first-order chi connectivity index (χ1) is 7.77. The maximum Gasteiger partial charge on any atom is 0.135 e. The molecule has 4 heteroatoms. The molecule has 1 rings (SSSR count). The molecule has 0 radical (unpaired) electrons. The van der Waals surface area contributed by atoms with Crippen LogP contribution >= 0.6 is 0 Å². The monoisotopic (exact) mass is 236 g/mol. The number of rotatable bonds is 4. The molecule has 0 aliphatic carbocycles. The van der Waals surface area contributed by atoms with Crippen LogP contribution in [-0.2, 0) is 0 Å². The molecule has 0 spiro atoms. The van der Waals surface area contributed by atoms with E-state index in [0.29, 0.717) is 5.82 Å². The normalized spacial score (nSPS) is 11.9. The van der Waals surface area contributed by atoms with Crippen molar-refractivity contribution in [1.29, 1.82) is 0 Å². The summed E-state index contributed by atoms with van der Waals surface area (Å²) < 4.78 is 0. The van der Waals surface area contributed by atoms with Gasteiger partial charge in [0.1, 0.15) is 17.5 Å². The third kappa shape index (κ3) is 3.08. The second kappa shape index (κ2) is 4.90. The summed E-state index contributed by atoms with van der Waals surface area (Å²) in [6, 6.07) is 1.84. The van der Waals surface area contributed by atoms with Crippen molar-refractivity contribution in [3.8, 4) is 0 Å². The molecule has 4 nitrogen and oxygen atoms in total. The van der Waals surface area contributed by atoms with E-state index in [-0.39, 0.29) is 11.5 Å². The lowest BCUT2D eigenvalue weighted by Crippen LogP contribution is -2.41. The zero-order valence-corrected chi connectivity index (χ0v) is 11.8. The quantitative estimate of drug-likeness (QED) is 0.873. The van der Waals surface area contributed by atoms with Crippen LogP contribution in [0.3, 0.4) is 0 Å². The van der Waals surface area contributed by atoms with Crippen LogP contribution in [0.25, 0.3) is 0 Å². The Morgan fingerprint density at radius 3 is 2.41 bits per heavy atom. The molecule has 96 valence electrons. The predicted octanol–water partition coefficient (Wildman–Crippen LogP) is 2.81. The first-order valence-corrected chi connectivity index (χ1v) is 6.16. The molecule has 0 fully saturated rings. The lowest BCUT2D eigenvalue weighted by Gasteiger charge is -2.36. The Balaban J connectivity index is 3.14. The molecule has 0 unspecified atom stereocenters. The standard InChI is InChI=1S/C13H24N4/c1-7-13(4,5)17(6)11-8-10(14)15-12(16-11)9(2)3/h8-9H,7H2,1-6H3,(H2,14,15,16). The molecule has 0 aliphatic rings. The minimum Gasteiger partial charge on any atom is -0.384 e. The highest BCUT2D eigenvalue weighted by Crippen LogP contribution is 2.25. The third-order valence-corrected chi connectivity index (χ3v) is 3.38. The van der Waals surface area contributed by atoms with Gasteiger partial charge in [-0.1, -0.05) is 20.8 Å². The Labute approximate surface area is 104 Å². The largest absolute Gasteiger partial charge is 0.384 e. The van der Waals surface area contributed by atoms with Crippen molar-refractivity contribution >= 4 is 11.6 Å². The number of aromatic nitrogens is 2. The molecule has 0 bridgehead atoms. The molecule has 1 aromatic heterocycles. The molecular formula is C13H24N4. The van der Waals surface area contributed by atoms with E-state index in [9.17, 15) is 0 Å². The molecule has 0 saturated heterocycles. The van der Waals surface area contributed by atoms with E-state index in [1.165, 1.54) is 0 Å². The molecule has 17 heavy (non-hydrogen) atoms. The van der Waals surface area contributed by atoms with Gasteiger partial charge in [-0.2, -0.15) is 0 Å². The van der Waals surface area contributed by atoms with Gasteiger partial charge < -0.3 is 10.6 Å². The van der Waals surface area contributed by atoms with Gasteiger partial charge in [-0.3, -0.25) is 0 Å². The highest BCUT2D eigenvalue weighted by Gasteiger charge is 2.23. The fraction of sp³-hybridized carbons (Fsp3) is 0.692. The van der Waals surface area contributed by atoms with Crippen molar-refractivity contribution in [1.82, 2.24) is 9.97 Å². The van der Waals surface area contributed by atoms with Gasteiger partial charge in [-0.25, -0.2) is 9.97 Å². The summed E-state index contributed by atoms with van der Waals surface area (Å²) in [7, 11) is 2.05. The molecule has 0 aliphatic heterocycles. The molecule has 0 saturated carbocycles. The van der Waals surface area contributed by atoms with Crippen LogP contribution in [0.4, 0.5) is 11.6 Å². The van der Waals surface area contributed by atoms with Crippen molar-refractivity contribution in [2.24, 2.45) is 0 Å². The fourth-order valence-electron chi connectivity index (χ4n) is 1.45. The molecular weight excluding hydrogens is 212 g/mol. The van der Waals surface area contributed by atoms with E-state index in [4.69, 9.17) is 5.73 Å². The van der Waals surface area contributed by atoms with Gasteiger partial charge in [0.2, 0.25) is 0 Å². The molecule has 0 atom stereocenters. The maximum atomic E-state index is 5.84. The summed E-state index contributed by atoms with van der Waals surface area (Å²) in [4.78, 5) is 11.0. The number of anilines is 2. The molecule has 0 amide bonds. The number of nitrogens with zero attached hydrogens (tertiary/aromatic N) is 3. The summed E-state index contributed by atoms with van der Waals surface area (Å²) in [5, 5.41) is 0. The molecule has 0 aromatic carbocycles. The Bertz CT molecular complexity index is 385. The zero-order chi connectivity index (χ0) is 13.2. The Morgan fingerprint density at radius 2 is 1.94 bits per heavy atom. The molecule has 1 heterocycles. The van der Waals surface area contributed by atoms with Crippen molar-refractivity contribution in [3.05, 3.63) is 11.9 Å². The van der Waals surface area contributed by atoms with E-state index >= 15 is 0 Å². The number of hydrogen-bond donors (Lipinski definition) is 1. The topological polar surface area (TPSA) is 55.0 Å². The lowest BCUT2D eigenvalue weighted by molar-refractivity contribution is 0.466. The summed E-state index contributed by atoms with van der Waals surface area (Å²) in [6.07, 6.45) is 1.05. The van der Waals surface area contributed by atoms with Crippen molar-refractivity contribution < 1.29 is 0 Å². The molecule has 1 aromatic rings. The Kier molecular flexibility index (Phi) is 3.96. The van der Waals surface area contributed by atoms with Crippen LogP contribution in [0.5, 0.6) is 0 Å². The smallest absolute Gasteiger partial charge is 0.135 e. The minimum atomic E-state index is 0.0645. The van der Waals surface area contributed by atoms with Crippen molar-refractivity contribution in [2.45, 2.75) is 52.5 Å². The fourth-order valence-corrected chi connectivity index (χ4v) is 1.45. The van der Waals surface area contributed by atoms with Gasteiger partial charge in [0.15, 0.2) is 0 Å². The maximum absolute atomic E-state index is 5.84. The van der Waals surface area contributed by atoms with Gasteiger partial charge in [-0.05, 0) is 20.3 Å². The second-order valence-corrected chi connectivity index (χ2v) is 5.39. The number of hydrogen-bond acceptors (Lipinski definition) is 4. The van der Waals surface area contributed by atoms with E-state index in [2.05, 4.69) is 56.5 Å². The average molecular weight is 236 g/mol. The zero-order valence-electron chi connectivity index (χ0n) is 11.8. The van der Waals surface area contributed by atoms with Gasteiger partial charge in [0, 0.05) is 24.6 Å². The van der Waals surface area contributed by atoms with Crippen LogP contribution in [0, 0.1) is 0 Å². The first kappa shape index (κ1) is 13.7. The van der Waals surface area contributed by atoms with Crippen molar-refractivity contribution in [3.63, 3.8) is 0 Å². The second-order valence-electron chi connectivity index (χ2n) is 5.39. The highest BCUT2D eigenvalue weighted by atomic mass is 15.2. The predicted molar refractivity (Wildman–Crippen MR) is 73.3 cm³/mol. The number of nitrogens with two attached hydrogens (primary N) is 1. The van der Waals surface area contributed by atoms with Crippen molar-refractivity contribution in [2.75, 3.05) is 17.7 Å². The SMILES string of the molecule is CCC(C)(C)N(C)c1cc(N)nc(C(C)C)n1. The van der Waals surface area contributed by atoms with Crippen LogP contribution in [0.2, 0.25) is 0 Å². The van der Waals surface area contributed by atoms with Crippen LogP contribution in [0.15, 0.2) is 6.07 Å². The summed E-state index contributed by atoms with van der Waals surface area (Å²) in [5.74, 6) is 2.53.